The Kier molecular flexibility index (Phi) is 8.12. The van der Waals surface area contributed by atoms with E-state index in [9.17, 15) is 8.78 Å². The zero-order valence-corrected chi connectivity index (χ0v) is 17.0. The van der Waals surface area contributed by atoms with Gasteiger partial charge < -0.3 is 15.5 Å². The first-order valence-corrected chi connectivity index (χ1v) is 9.83. The number of rotatable bonds is 8. The number of benzene rings is 1. The van der Waals surface area contributed by atoms with Gasteiger partial charge in [-0.25, -0.2) is 13.8 Å². The summed E-state index contributed by atoms with van der Waals surface area (Å²) < 4.78 is 28.3. The van der Waals surface area contributed by atoms with Gasteiger partial charge in [-0.1, -0.05) is 6.07 Å². The van der Waals surface area contributed by atoms with E-state index in [0.717, 1.165) is 17.1 Å². The minimum Gasteiger partial charge on any atom is -0.357 e. The van der Waals surface area contributed by atoms with Crippen LogP contribution in [-0.2, 0) is 6.42 Å². The predicted octanol–water partition coefficient (Wildman–Crippen LogP) is 3.13. The molecule has 1 heterocycles. The van der Waals surface area contributed by atoms with Gasteiger partial charge in [0.2, 0.25) is 0 Å². The van der Waals surface area contributed by atoms with E-state index >= 15 is 0 Å². The van der Waals surface area contributed by atoms with Crippen LogP contribution >= 0.6 is 11.3 Å². The van der Waals surface area contributed by atoms with Crippen LogP contribution in [0.4, 0.5) is 8.78 Å². The molecule has 2 N–H and O–H groups in total. The highest BCUT2D eigenvalue weighted by Crippen LogP contribution is 2.24. The summed E-state index contributed by atoms with van der Waals surface area (Å²) in [5, 5.41) is 9.51. The monoisotopic (exact) mass is 395 g/mol. The van der Waals surface area contributed by atoms with Crippen molar-refractivity contribution in [2.75, 3.05) is 33.7 Å². The lowest BCUT2D eigenvalue weighted by Gasteiger charge is -2.24. The maximum absolute atomic E-state index is 14.2. The van der Waals surface area contributed by atoms with Crippen LogP contribution in [0.2, 0.25) is 0 Å². The molecule has 148 valence electrons. The summed E-state index contributed by atoms with van der Waals surface area (Å²) in [6, 6.07) is 3.43. The predicted molar refractivity (Wildman–Crippen MR) is 107 cm³/mol. The van der Waals surface area contributed by atoms with Crippen LogP contribution < -0.4 is 10.6 Å². The van der Waals surface area contributed by atoms with Gasteiger partial charge in [-0.05, 0) is 40.1 Å². The number of nitrogens with one attached hydrogen (secondary N) is 2. The maximum Gasteiger partial charge on any atom is 0.191 e. The summed E-state index contributed by atoms with van der Waals surface area (Å²) >= 11 is 1.63. The summed E-state index contributed by atoms with van der Waals surface area (Å²) in [5.41, 5.74) is 1.08. The van der Waals surface area contributed by atoms with Crippen molar-refractivity contribution in [1.29, 1.82) is 0 Å². The number of aryl methyl sites for hydroxylation is 1. The third-order valence-electron chi connectivity index (χ3n) is 4.06. The smallest absolute Gasteiger partial charge is 0.191 e. The minimum atomic E-state index is -0.555. The molecule has 0 aliphatic heterocycles. The molecule has 1 unspecified atom stereocenters. The second-order valence-corrected chi connectivity index (χ2v) is 7.43. The molecule has 2 aromatic rings. The van der Waals surface area contributed by atoms with Gasteiger partial charge in [0, 0.05) is 30.5 Å². The molecular formula is C19H27F2N5S. The zero-order chi connectivity index (χ0) is 19.8. The number of halogens is 2. The Balaban J connectivity index is 2.05. The lowest BCUT2D eigenvalue weighted by Crippen LogP contribution is -2.39. The normalized spacial score (nSPS) is 13.1. The van der Waals surface area contributed by atoms with E-state index in [-0.39, 0.29) is 12.1 Å². The summed E-state index contributed by atoms with van der Waals surface area (Å²) in [6.45, 7) is 5.56. The highest BCUT2D eigenvalue weighted by atomic mass is 32.1. The molecule has 1 atom stereocenters. The van der Waals surface area contributed by atoms with Crippen molar-refractivity contribution in [1.82, 2.24) is 20.5 Å². The maximum atomic E-state index is 14.2. The number of nitrogens with zero attached hydrogens (tertiary/aromatic N) is 3. The second kappa shape index (κ2) is 10.3. The minimum absolute atomic E-state index is 0.0417. The fourth-order valence-electron chi connectivity index (χ4n) is 2.69. The fraction of sp³-hybridized carbons (Fsp3) is 0.474. The number of aliphatic imine (C=N–C) groups is 1. The van der Waals surface area contributed by atoms with Gasteiger partial charge in [0.05, 0.1) is 23.3 Å². The SMILES string of the molecule is CCNC(=NCC(c1c(F)cccc1F)N(C)C)NCCc1csc(C)n1. The summed E-state index contributed by atoms with van der Waals surface area (Å²) in [7, 11) is 3.58. The van der Waals surface area contributed by atoms with Crippen molar-refractivity contribution in [3.05, 3.63) is 51.5 Å². The molecule has 0 spiro atoms. The van der Waals surface area contributed by atoms with Gasteiger partial charge in [0.15, 0.2) is 5.96 Å². The lowest BCUT2D eigenvalue weighted by atomic mass is 10.0. The average molecular weight is 396 g/mol. The number of guanidine groups is 1. The van der Waals surface area contributed by atoms with Crippen LogP contribution in [0.3, 0.4) is 0 Å². The first kappa shape index (κ1) is 21.2. The Morgan fingerprint density at radius 3 is 2.52 bits per heavy atom. The molecule has 0 amide bonds. The van der Waals surface area contributed by atoms with Gasteiger partial charge in [-0.15, -0.1) is 11.3 Å². The van der Waals surface area contributed by atoms with Crippen LogP contribution in [0.5, 0.6) is 0 Å². The average Bonchev–Trinajstić information content (AvgIpc) is 3.02. The van der Waals surface area contributed by atoms with Crippen molar-refractivity contribution in [2.45, 2.75) is 26.3 Å². The quantitative estimate of drug-likeness (QED) is 0.533. The molecule has 1 aromatic heterocycles. The van der Waals surface area contributed by atoms with Crippen molar-refractivity contribution in [2.24, 2.45) is 4.99 Å². The molecule has 2 rings (SSSR count). The van der Waals surface area contributed by atoms with Crippen molar-refractivity contribution in [3.63, 3.8) is 0 Å². The lowest BCUT2D eigenvalue weighted by molar-refractivity contribution is 0.290. The van der Waals surface area contributed by atoms with E-state index in [1.165, 1.54) is 18.2 Å². The first-order chi connectivity index (χ1) is 12.9. The summed E-state index contributed by atoms with van der Waals surface area (Å²) in [4.78, 5) is 10.7. The third kappa shape index (κ3) is 6.25. The van der Waals surface area contributed by atoms with Crippen LogP contribution in [0.1, 0.15) is 29.2 Å². The van der Waals surface area contributed by atoms with Gasteiger partial charge in [0.25, 0.3) is 0 Å². The first-order valence-electron chi connectivity index (χ1n) is 8.95. The molecule has 27 heavy (non-hydrogen) atoms. The van der Waals surface area contributed by atoms with E-state index < -0.39 is 17.7 Å². The molecule has 1 aromatic carbocycles. The Morgan fingerprint density at radius 2 is 1.96 bits per heavy atom. The Hall–Kier alpha value is -2.06. The van der Waals surface area contributed by atoms with Gasteiger partial charge in [-0.2, -0.15) is 0 Å². The molecule has 0 bridgehead atoms. The number of hydrogen-bond donors (Lipinski definition) is 2. The molecule has 8 heteroatoms. The second-order valence-electron chi connectivity index (χ2n) is 6.37. The number of hydrogen-bond acceptors (Lipinski definition) is 4. The Labute approximate surface area is 163 Å². The number of likely N-dealkylation sites (N-methyl/N-ethyl adjacent to an activating group) is 1. The molecule has 0 aliphatic carbocycles. The zero-order valence-electron chi connectivity index (χ0n) is 16.2. The van der Waals surface area contributed by atoms with E-state index in [1.807, 2.05) is 19.2 Å². The molecule has 0 fully saturated rings. The molecule has 0 aliphatic rings. The molecule has 5 nitrogen and oxygen atoms in total. The fourth-order valence-corrected chi connectivity index (χ4v) is 3.34. The van der Waals surface area contributed by atoms with Crippen LogP contribution in [0, 0.1) is 18.6 Å². The largest absolute Gasteiger partial charge is 0.357 e. The number of aromatic nitrogens is 1. The number of thiazole rings is 1. The van der Waals surface area contributed by atoms with Gasteiger partial charge >= 0.3 is 0 Å². The van der Waals surface area contributed by atoms with Gasteiger partial charge in [0.1, 0.15) is 11.6 Å². The molecule has 0 radical (unpaired) electrons. The standard InChI is InChI=1S/C19H27F2N5S/c1-5-22-19(23-10-9-14-12-27-13(2)25-14)24-11-17(26(3)4)18-15(20)7-6-8-16(18)21/h6-8,12,17H,5,9-11H2,1-4H3,(H2,22,23,24). The Bertz CT molecular complexity index is 740. The third-order valence-corrected chi connectivity index (χ3v) is 4.89. The molecule has 0 saturated heterocycles. The van der Waals surface area contributed by atoms with E-state index in [1.54, 1.807) is 30.3 Å². The highest BCUT2D eigenvalue weighted by Gasteiger charge is 2.22. The highest BCUT2D eigenvalue weighted by molar-refractivity contribution is 7.09. The van der Waals surface area contributed by atoms with E-state index in [2.05, 4.69) is 20.6 Å². The van der Waals surface area contributed by atoms with Crippen molar-refractivity contribution >= 4 is 17.3 Å². The van der Waals surface area contributed by atoms with E-state index in [0.29, 0.717) is 19.0 Å². The van der Waals surface area contributed by atoms with E-state index in [4.69, 9.17) is 0 Å². The van der Waals surface area contributed by atoms with Crippen molar-refractivity contribution < 1.29 is 8.78 Å². The molecule has 0 saturated carbocycles. The van der Waals surface area contributed by atoms with Crippen LogP contribution in [0.25, 0.3) is 0 Å². The topological polar surface area (TPSA) is 52.6 Å². The summed E-state index contributed by atoms with van der Waals surface area (Å²) in [6.07, 6.45) is 0.786. The Morgan fingerprint density at radius 1 is 1.26 bits per heavy atom. The summed E-state index contributed by atoms with van der Waals surface area (Å²) in [5.74, 6) is -0.491. The van der Waals surface area contributed by atoms with Crippen LogP contribution in [0.15, 0.2) is 28.6 Å². The van der Waals surface area contributed by atoms with Crippen LogP contribution in [-0.4, -0.2) is 49.6 Å². The molecular weight excluding hydrogens is 368 g/mol. The van der Waals surface area contributed by atoms with Gasteiger partial charge in [-0.3, -0.25) is 4.99 Å². The van der Waals surface area contributed by atoms with Crippen molar-refractivity contribution in [3.8, 4) is 0 Å².